The molecule has 2 aromatic rings. The van der Waals surface area contributed by atoms with Crippen molar-refractivity contribution < 1.29 is 14.7 Å². The zero-order chi connectivity index (χ0) is 14.5. The maximum absolute atomic E-state index is 12.1. The van der Waals surface area contributed by atoms with Crippen molar-refractivity contribution in [2.45, 2.75) is 0 Å². The van der Waals surface area contributed by atoms with Gasteiger partial charge in [0.25, 0.3) is 5.91 Å². The smallest absolute Gasteiger partial charge is 0.255 e. The van der Waals surface area contributed by atoms with Crippen LogP contribution in [0, 0.1) is 0 Å². The average molecular weight is 290 g/mol. The summed E-state index contributed by atoms with van der Waals surface area (Å²) in [6, 6.07) is 12.5. The van der Waals surface area contributed by atoms with Crippen LogP contribution in [-0.2, 0) is 0 Å². The van der Waals surface area contributed by atoms with Crippen LogP contribution >= 0.6 is 11.6 Å². The normalized spacial score (nSPS) is 10.1. The largest absolute Gasteiger partial charge is 0.508 e. The van der Waals surface area contributed by atoms with E-state index in [9.17, 15) is 14.7 Å². The van der Waals surface area contributed by atoms with Crippen molar-refractivity contribution in [3.63, 3.8) is 0 Å². The van der Waals surface area contributed by atoms with Crippen molar-refractivity contribution in [1.82, 2.24) is 0 Å². The van der Waals surface area contributed by atoms with Gasteiger partial charge in [-0.15, -0.1) is 11.6 Å². The number of hydrogen-bond acceptors (Lipinski definition) is 3. The molecule has 0 atom stereocenters. The molecule has 0 unspecified atom stereocenters. The molecule has 0 aliphatic heterocycles. The van der Waals surface area contributed by atoms with Gasteiger partial charge in [-0.1, -0.05) is 12.1 Å². The van der Waals surface area contributed by atoms with Crippen LogP contribution in [0.15, 0.2) is 48.5 Å². The number of halogens is 1. The first kappa shape index (κ1) is 14.1. The lowest BCUT2D eigenvalue weighted by molar-refractivity contribution is 0.102. The number of benzene rings is 2. The molecule has 102 valence electrons. The van der Waals surface area contributed by atoms with E-state index in [0.29, 0.717) is 16.8 Å². The third-order valence-electron chi connectivity index (χ3n) is 2.73. The standard InChI is InChI=1S/C15H12ClNO3/c16-9-14(19)12-3-1-2-4-13(12)17-15(20)10-5-7-11(18)8-6-10/h1-8,18H,9H2,(H,17,20). The Morgan fingerprint density at radius 3 is 2.35 bits per heavy atom. The minimum Gasteiger partial charge on any atom is -0.508 e. The fourth-order valence-corrected chi connectivity index (χ4v) is 1.86. The predicted octanol–water partition coefficient (Wildman–Crippen LogP) is 3.07. The van der Waals surface area contributed by atoms with Crippen LogP contribution in [-0.4, -0.2) is 22.7 Å². The van der Waals surface area contributed by atoms with Crippen LogP contribution in [0.5, 0.6) is 5.75 Å². The molecule has 1 amide bonds. The summed E-state index contributed by atoms with van der Waals surface area (Å²) in [7, 11) is 0. The second-order valence-electron chi connectivity index (χ2n) is 4.10. The maximum atomic E-state index is 12.1. The number of aromatic hydroxyl groups is 1. The van der Waals surface area contributed by atoms with E-state index in [1.54, 1.807) is 24.3 Å². The number of ketones is 1. The highest BCUT2D eigenvalue weighted by Crippen LogP contribution is 2.18. The maximum Gasteiger partial charge on any atom is 0.255 e. The molecule has 2 aromatic carbocycles. The lowest BCUT2D eigenvalue weighted by Gasteiger charge is -2.09. The van der Waals surface area contributed by atoms with Gasteiger partial charge in [0.15, 0.2) is 5.78 Å². The van der Waals surface area contributed by atoms with Crippen molar-refractivity contribution in [1.29, 1.82) is 0 Å². The van der Waals surface area contributed by atoms with Crippen LogP contribution in [0.3, 0.4) is 0 Å². The number of nitrogens with one attached hydrogen (secondary N) is 1. The number of rotatable bonds is 4. The molecule has 0 bridgehead atoms. The summed E-state index contributed by atoms with van der Waals surface area (Å²) in [4.78, 5) is 23.7. The van der Waals surface area contributed by atoms with Gasteiger partial charge in [0, 0.05) is 11.1 Å². The minimum atomic E-state index is -0.361. The molecule has 0 saturated carbocycles. The zero-order valence-electron chi connectivity index (χ0n) is 10.5. The number of Topliss-reactive ketones (excluding diaryl/α,β-unsaturated/α-hetero) is 1. The summed E-state index contributed by atoms with van der Waals surface area (Å²) in [5, 5.41) is 11.8. The SMILES string of the molecule is O=C(Nc1ccccc1C(=O)CCl)c1ccc(O)cc1. The van der Waals surface area contributed by atoms with E-state index in [2.05, 4.69) is 5.32 Å². The third-order valence-corrected chi connectivity index (χ3v) is 2.97. The molecule has 5 heteroatoms. The Hall–Kier alpha value is -2.33. The van der Waals surface area contributed by atoms with Crippen LogP contribution in [0.2, 0.25) is 0 Å². The number of phenols is 1. The number of amides is 1. The quantitative estimate of drug-likeness (QED) is 0.671. The second-order valence-corrected chi connectivity index (χ2v) is 4.37. The number of anilines is 1. The summed E-state index contributed by atoms with van der Waals surface area (Å²) in [6.07, 6.45) is 0. The average Bonchev–Trinajstić information content (AvgIpc) is 2.47. The van der Waals surface area contributed by atoms with E-state index in [-0.39, 0.29) is 23.3 Å². The van der Waals surface area contributed by atoms with Gasteiger partial charge in [0.1, 0.15) is 5.75 Å². The van der Waals surface area contributed by atoms with Crippen molar-refractivity contribution >= 4 is 29.0 Å². The van der Waals surface area contributed by atoms with Crippen LogP contribution < -0.4 is 5.32 Å². The Morgan fingerprint density at radius 2 is 1.70 bits per heavy atom. The number of alkyl halides is 1. The van der Waals surface area contributed by atoms with Gasteiger partial charge in [-0.3, -0.25) is 9.59 Å². The zero-order valence-corrected chi connectivity index (χ0v) is 11.2. The molecule has 0 saturated heterocycles. The lowest BCUT2D eigenvalue weighted by Crippen LogP contribution is -2.15. The molecule has 0 spiro atoms. The highest BCUT2D eigenvalue weighted by Gasteiger charge is 2.13. The molecule has 0 radical (unpaired) electrons. The molecule has 2 rings (SSSR count). The van der Waals surface area contributed by atoms with E-state index in [4.69, 9.17) is 11.6 Å². The molecule has 0 aromatic heterocycles. The van der Waals surface area contributed by atoms with Crippen LogP contribution in [0.25, 0.3) is 0 Å². The highest BCUT2D eigenvalue weighted by molar-refractivity contribution is 6.31. The number of para-hydroxylation sites is 1. The van der Waals surface area contributed by atoms with E-state index in [1.165, 1.54) is 24.3 Å². The molecular weight excluding hydrogens is 278 g/mol. The second kappa shape index (κ2) is 6.21. The van der Waals surface area contributed by atoms with Gasteiger partial charge in [0.2, 0.25) is 0 Å². The van der Waals surface area contributed by atoms with Gasteiger partial charge in [0.05, 0.1) is 11.6 Å². The fourth-order valence-electron chi connectivity index (χ4n) is 1.71. The van der Waals surface area contributed by atoms with Gasteiger partial charge in [-0.2, -0.15) is 0 Å². The van der Waals surface area contributed by atoms with Crippen LogP contribution in [0.1, 0.15) is 20.7 Å². The first-order chi connectivity index (χ1) is 9.61. The number of carbonyl (C=O) groups is 2. The number of hydrogen-bond donors (Lipinski definition) is 2. The van der Waals surface area contributed by atoms with Crippen LogP contribution in [0.4, 0.5) is 5.69 Å². The molecule has 4 nitrogen and oxygen atoms in total. The monoisotopic (exact) mass is 289 g/mol. The van der Waals surface area contributed by atoms with Gasteiger partial charge < -0.3 is 10.4 Å². The Labute approximate surface area is 121 Å². The molecule has 0 heterocycles. The summed E-state index contributed by atoms with van der Waals surface area (Å²) in [5.74, 6) is -0.682. The minimum absolute atomic E-state index is 0.0827. The van der Waals surface area contributed by atoms with Gasteiger partial charge in [-0.25, -0.2) is 0 Å². The fraction of sp³-hybridized carbons (Fsp3) is 0.0667. The Morgan fingerprint density at radius 1 is 1.05 bits per heavy atom. The van der Waals surface area contributed by atoms with Gasteiger partial charge >= 0.3 is 0 Å². The molecule has 2 N–H and O–H groups in total. The van der Waals surface area contributed by atoms with E-state index < -0.39 is 0 Å². The van der Waals surface area contributed by atoms with E-state index in [1.807, 2.05) is 0 Å². The first-order valence-corrected chi connectivity index (χ1v) is 6.44. The van der Waals surface area contributed by atoms with Gasteiger partial charge in [-0.05, 0) is 36.4 Å². The van der Waals surface area contributed by atoms with Crippen molar-refractivity contribution in [2.24, 2.45) is 0 Å². The highest BCUT2D eigenvalue weighted by atomic mass is 35.5. The molecule has 0 fully saturated rings. The molecule has 20 heavy (non-hydrogen) atoms. The van der Waals surface area contributed by atoms with E-state index >= 15 is 0 Å². The van der Waals surface area contributed by atoms with Crippen molar-refractivity contribution in [3.05, 3.63) is 59.7 Å². The molecule has 0 aliphatic rings. The summed E-state index contributed by atoms with van der Waals surface area (Å²) in [5.41, 5.74) is 1.17. The number of phenolic OH excluding ortho intramolecular Hbond substituents is 1. The summed E-state index contributed by atoms with van der Waals surface area (Å²) >= 11 is 5.54. The first-order valence-electron chi connectivity index (χ1n) is 5.90. The third kappa shape index (κ3) is 3.16. The Bertz CT molecular complexity index is 638. The van der Waals surface area contributed by atoms with Crippen molar-refractivity contribution in [2.75, 3.05) is 11.2 Å². The Kier molecular flexibility index (Phi) is 4.38. The number of carbonyl (C=O) groups excluding carboxylic acids is 2. The summed E-state index contributed by atoms with van der Waals surface area (Å²) in [6.45, 7) is 0. The van der Waals surface area contributed by atoms with E-state index in [0.717, 1.165) is 0 Å². The Balaban J connectivity index is 2.24. The molecule has 0 aliphatic carbocycles. The lowest BCUT2D eigenvalue weighted by atomic mass is 10.1. The molecular formula is C15H12ClNO3. The topological polar surface area (TPSA) is 66.4 Å². The summed E-state index contributed by atoms with van der Waals surface area (Å²) < 4.78 is 0. The van der Waals surface area contributed by atoms with Crippen molar-refractivity contribution in [3.8, 4) is 5.75 Å². The predicted molar refractivity (Wildman–Crippen MR) is 77.6 cm³/mol.